The van der Waals surface area contributed by atoms with Crippen molar-refractivity contribution in [2.75, 3.05) is 0 Å². The number of rotatable bonds is 3. The highest BCUT2D eigenvalue weighted by Crippen LogP contribution is 2.39. The molecule has 0 bridgehead atoms. The van der Waals surface area contributed by atoms with Gasteiger partial charge < -0.3 is 5.11 Å². The maximum absolute atomic E-state index is 11.5. The molecule has 6 heteroatoms. The second-order valence-electron chi connectivity index (χ2n) is 4.38. The molecule has 1 N–H and O–H groups in total. The normalized spacial score (nSPS) is 10.8. The van der Waals surface area contributed by atoms with Crippen LogP contribution in [0.3, 0.4) is 0 Å². The summed E-state index contributed by atoms with van der Waals surface area (Å²) in [5, 5.41) is 10.2. The molecule has 0 aliphatic heterocycles. The van der Waals surface area contributed by atoms with Crippen LogP contribution in [0.15, 0.2) is 40.9 Å². The topological polar surface area (TPSA) is 50.2 Å². The molecule has 2 aromatic heterocycles. The highest BCUT2D eigenvalue weighted by atomic mass is 79.9. The summed E-state index contributed by atoms with van der Waals surface area (Å²) < 4.78 is 1.02. The highest BCUT2D eigenvalue weighted by molar-refractivity contribution is 9.10. The number of aromatic carboxylic acids is 1. The van der Waals surface area contributed by atoms with Crippen LogP contribution < -0.4 is 0 Å². The first-order valence-electron chi connectivity index (χ1n) is 6.12. The van der Waals surface area contributed by atoms with E-state index in [1.165, 1.54) is 11.3 Å². The lowest BCUT2D eigenvalue weighted by Gasteiger charge is -1.97. The van der Waals surface area contributed by atoms with Crippen molar-refractivity contribution in [1.82, 2.24) is 4.98 Å². The molecule has 1 aromatic carbocycles. The average Bonchev–Trinajstić information content (AvgIpc) is 3.05. The molecule has 0 radical (unpaired) electrons. The van der Waals surface area contributed by atoms with E-state index in [4.69, 9.17) is 0 Å². The molecule has 0 aliphatic rings. The first-order chi connectivity index (χ1) is 10.1. The van der Waals surface area contributed by atoms with Crippen molar-refractivity contribution in [2.45, 2.75) is 6.92 Å². The molecule has 21 heavy (non-hydrogen) atoms. The standard InChI is InChI=1S/C15H10BrNO2S2/c1-8-10(16)7-11(20-8)14-17-12(13(21-14)15(18)19)9-5-3-2-4-6-9/h2-7H,1H3,(H,18,19). The number of hydrogen-bond donors (Lipinski definition) is 1. The van der Waals surface area contributed by atoms with Gasteiger partial charge in [0.15, 0.2) is 0 Å². The second-order valence-corrected chi connectivity index (χ2v) is 7.49. The summed E-state index contributed by atoms with van der Waals surface area (Å²) in [5.74, 6) is -0.940. The van der Waals surface area contributed by atoms with Gasteiger partial charge in [0, 0.05) is 14.9 Å². The molecule has 3 nitrogen and oxygen atoms in total. The molecule has 0 atom stereocenters. The van der Waals surface area contributed by atoms with E-state index >= 15 is 0 Å². The number of nitrogens with zero attached hydrogens (tertiary/aromatic N) is 1. The van der Waals surface area contributed by atoms with Gasteiger partial charge in [-0.25, -0.2) is 9.78 Å². The maximum atomic E-state index is 11.5. The Morgan fingerprint density at radius 3 is 2.52 bits per heavy atom. The SMILES string of the molecule is Cc1sc(-c2nc(-c3ccccc3)c(C(=O)O)s2)cc1Br. The van der Waals surface area contributed by atoms with Crippen LogP contribution in [-0.2, 0) is 0 Å². The minimum absolute atomic E-state index is 0.276. The lowest BCUT2D eigenvalue weighted by atomic mass is 10.1. The van der Waals surface area contributed by atoms with Gasteiger partial charge in [0.05, 0.1) is 10.6 Å². The number of thiophene rings is 1. The molecule has 0 amide bonds. The minimum Gasteiger partial charge on any atom is -0.477 e. The number of carboxylic acids is 1. The molecule has 106 valence electrons. The monoisotopic (exact) mass is 379 g/mol. The van der Waals surface area contributed by atoms with Crippen molar-refractivity contribution in [3.05, 3.63) is 50.6 Å². The molecule has 0 fully saturated rings. The number of carboxylic acid groups (broad SMARTS) is 1. The predicted molar refractivity (Wildman–Crippen MR) is 90.3 cm³/mol. The summed E-state index contributed by atoms with van der Waals surface area (Å²) in [6.07, 6.45) is 0. The van der Waals surface area contributed by atoms with Crippen molar-refractivity contribution in [1.29, 1.82) is 0 Å². The molecule has 0 saturated carbocycles. The number of carbonyl (C=O) groups is 1. The Labute approximate surface area is 138 Å². The molecule has 2 heterocycles. The smallest absolute Gasteiger partial charge is 0.348 e. The van der Waals surface area contributed by atoms with Crippen molar-refractivity contribution in [3.63, 3.8) is 0 Å². The molecular weight excluding hydrogens is 370 g/mol. The van der Waals surface area contributed by atoms with Crippen LogP contribution in [0.1, 0.15) is 14.5 Å². The summed E-state index contributed by atoms with van der Waals surface area (Å²) in [6, 6.07) is 11.4. The zero-order chi connectivity index (χ0) is 15.0. The van der Waals surface area contributed by atoms with Crippen molar-refractivity contribution >= 4 is 44.6 Å². The quantitative estimate of drug-likeness (QED) is 0.670. The van der Waals surface area contributed by atoms with E-state index in [-0.39, 0.29) is 4.88 Å². The molecule has 0 unspecified atom stereocenters. The maximum Gasteiger partial charge on any atom is 0.348 e. The average molecular weight is 380 g/mol. The van der Waals surface area contributed by atoms with Crippen molar-refractivity contribution in [2.24, 2.45) is 0 Å². The Morgan fingerprint density at radius 2 is 1.95 bits per heavy atom. The fraction of sp³-hybridized carbons (Fsp3) is 0.0667. The third kappa shape index (κ3) is 2.79. The fourth-order valence-corrected chi connectivity index (χ4v) is 4.43. The summed E-state index contributed by atoms with van der Waals surface area (Å²) in [7, 11) is 0. The van der Waals surface area contributed by atoms with Crippen molar-refractivity contribution < 1.29 is 9.90 Å². The van der Waals surface area contributed by atoms with Crippen molar-refractivity contribution in [3.8, 4) is 21.1 Å². The lowest BCUT2D eigenvalue weighted by Crippen LogP contribution is -1.95. The molecule has 3 aromatic rings. The van der Waals surface area contributed by atoms with E-state index in [1.807, 2.05) is 43.3 Å². The number of thiazole rings is 1. The Morgan fingerprint density at radius 1 is 1.24 bits per heavy atom. The zero-order valence-corrected chi connectivity index (χ0v) is 14.2. The van der Waals surface area contributed by atoms with Crippen LogP contribution in [0.4, 0.5) is 0 Å². The molecular formula is C15H10BrNO2S2. The number of benzene rings is 1. The van der Waals surface area contributed by atoms with E-state index in [9.17, 15) is 9.90 Å². The van der Waals surface area contributed by atoms with Gasteiger partial charge in [-0.05, 0) is 28.9 Å². The molecule has 3 rings (SSSR count). The van der Waals surface area contributed by atoms with Gasteiger partial charge in [0.1, 0.15) is 9.88 Å². The predicted octanol–water partition coefficient (Wildman–Crippen LogP) is 5.31. The Bertz CT molecular complexity index is 789. The number of aryl methyl sites for hydroxylation is 1. The van der Waals surface area contributed by atoms with Gasteiger partial charge in [-0.1, -0.05) is 30.3 Å². The van der Waals surface area contributed by atoms with Crippen LogP contribution in [0.2, 0.25) is 0 Å². The second kappa shape index (κ2) is 5.71. The Kier molecular flexibility index (Phi) is 3.93. The first-order valence-corrected chi connectivity index (χ1v) is 8.54. The summed E-state index contributed by atoms with van der Waals surface area (Å²) in [4.78, 5) is 18.4. The highest BCUT2D eigenvalue weighted by Gasteiger charge is 2.20. The number of hydrogen-bond acceptors (Lipinski definition) is 4. The van der Waals surface area contributed by atoms with E-state index in [2.05, 4.69) is 20.9 Å². The third-order valence-corrected chi connectivity index (χ3v) is 6.29. The number of aromatic nitrogens is 1. The van der Waals surface area contributed by atoms with E-state index in [0.29, 0.717) is 5.69 Å². The lowest BCUT2D eigenvalue weighted by molar-refractivity contribution is 0.0702. The van der Waals surface area contributed by atoms with E-state index in [0.717, 1.165) is 24.8 Å². The minimum atomic E-state index is -0.940. The molecule has 0 aliphatic carbocycles. The van der Waals surface area contributed by atoms with Gasteiger partial charge >= 0.3 is 5.97 Å². The van der Waals surface area contributed by atoms with Gasteiger partial charge in [-0.2, -0.15) is 0 Å². The first kappa shape index (κ1) is 14.4. The summed E-state index contributed by atoms with van der Waals surface area (Å²) >= 11 is 6.30. The Balaban J connectivity index is 2.15. The largest absolute Gasteiger partial charge is 0.477 e. The van der Waals surface area contributed by atoms with Gasteiger partial charge in [-0.3, -0.25) is 0 Å². The third-order valence-electron chi connectivity index (χ3n) is 2.94. The zero-order valence-electron chi connectivity index (χ0n) is 11.0. The van der Waals surface area contributed by atoms with E-state index < -0.39 is 5.97 Å². The van der Waals surface area contributed by atoms with Crippen LogP contribution in [0, 0.1) is 6.92 Å². The fourth-order valence-electron chi connectivity index (χ4n) is 1.93. The Hall–Kier alpha value is -1.50. The molecule has 0 saturated heterocycles. The van der Waals surface area contributed by atoms with Gasteiger partial charge in [0.2, 0.25) is 0 Å². The van der Waals surface area contributed by atoms with Crippen LogP contribution in [0.25, 0.3) is 21.1 Å². The summed E-state index contributed by atoms with van der Waals surface area (Å²) in [5.41, 5.74) is 1.36. The summed E-state index contributed by atoms with van der Waals surface area (Å²) in [6.45, 7) is 2.02. The van der Waals surface area contributed by atoms with Crippen LogP contribution in [-0.4, -0.2) is 16.1 Å². The van der Waals surface area contributed by atoms with Gasteiger partial charge in [0.25, 0.3) is 0 Å². The number of halogens is 1. The van der Waals surface area contributed by atoms with Crippen LogP contribution in [0.5, 0.6) is 0 Å². The van der Waals surface area contributed by atoms with Crippen LogP contribution >= 0.6 is 38.6 Å². The van der Waals surface area contributed by atoms with Gasteiger partial charge in [-0.15, -0.1) is 22.7 Å². The molecule has 0 spiro atoms. The van der Waals surface area contributed by atoms with E-state index in [1.54, 1.807) is 11.3 Å².